The van der Waals surface area contributed by atoms with Gasteiger partial charge in [-0.05, 0) is 40.5 Å². The van der Waals surface area contributed by atoms with Crippen molar-refractivity contribution < 1.29 is 4.74 Å². The fourth-order valence-electron chi connectivity index (χ4n) is 2.71. The molecule has 1 aliphatic carbocycles. The topological polar surface area (TPSA) is 58.0 Å². The van der Waals surface area contributed by atoms with Crippen molar-refractivity contribution in [1.82, 2.24) is 0 Å². The van der Waals surface area contributed by atoms with Gasteiger partial charge in [-0.1, -0.05) is 31.1 Å². The maximum atomic E-state index is 8.39. The van der Waals surface area contributed by atoms with Crippen LogP contribution in [-0.2, 0) is 0 Å². The average molecular weight is 231 g/mol. The van der Waals surface area contributed by atoms with Crippen LogP contribution in [0.5, 0.6) is 5.75 Å². The van der Waals surface area contributed by atoms with E-state index in [9.17, 15) is 0 Å². The Morgan fingerprint density at radius 3 is 2.88 bits per heavy atom. The molecule has 0 unspecified atom stereocenters. The van der Waals surface area contributed by atoms with Gasteiger partial charge in [0.1, 0.15) is 5.75 Å². The van der Waals surface area contributed by atoms with E-state index in [0.717, 1.165) is 5.75 Å². The van der Waals surface area contributed by atoms with Crippen LogP contribution in [0.4, 0.5) is 0 Å². The van der Waals surface area contributed by atoms with Gasteiger partial charge in [0, 0.05) is 11.5 Å². The predicted octanol–water partition coefficient (Wildman–Crippen LogP) is 3.75. The van der Waals surface area contributed by atoms with Crippen LogP contribution in [0, 0.1) is 11.3 Å². The van der Waals surface area contributed by atoms with E-state index in [1.54, 1.807) is 7.11 Å². The van der Waals surface area contributed by atoms with Gasteiger partial charge in [-0.3, -0.25) is 0 Å². The Kier molecular flexibility index (Phi) is 2.99. The average Bonchev–Trinajstić information content (AvgIpc) is 2.88. The van der Waals surface area contributed by atoms with Crippen LogP contribution in [0.15, 0.2) is 29.4 Å². The maximum Gasteiger partial charge on any atom is 0.119 e. The van der Waals surface area contributed by atoms with Gasteiger partial charge in [0.2, 0.25) is 0 Å². The summed E-state index contributed by atoms with van der Waals surface area (Å²) in [4.78, 5) is 2.84. The quantitative estimate of drug-likeness (QED) is 0.442. The normalized spacial score (nSPS) is 24.9. The van der Waals surface area contributed by atoms with Crippen molar-refractivity contribution in [3.8, 4) is 5.75 Å². The van der Waals surface area contributed by atoms with Gasteiger partial charge in [-0.15, -0.1) is 0 Å². The van der Waals surface area contributed by atoms with Crippen LogP contribution in [0.1, 0.15) is 25.3 Å². The van der Waals surface area contributed by atoms with E-state index in [4.69, 9.17) is 10.3 Å². The van der Waals surface area contributed by atoms with Crippen molar-refractivity contribution in [2.45, 2.75) is 19.8 Å². The highest BCUT2D eigenvalue weighted by atomic mass is 16.5. The van der Waals surface area contributed by atoms with Gasteiger partial charge >= 0.3 is 0 Å². The standard InChI is InChI=1S/C13H17N3O/c1-13(2)11(8-15-16-14)12(13)9-5-4-6-10(7-9)17-3/h4-7,11-12H,8H2,1-3H3/t11-,12-/m0/s1. The molecule has 4 nitrogen and oxygen atoms in total. The third-order valence-corrected chi connectivity index (χ3v) is 3.84. The zero-order valence-electron chi connectivity index (χ0n) is 10.4. The Morgan fingerprint density at radius 1 is 1.47 bits per heavy atom. The van der Waals surface area contributed by atoms with Crippen molar-refractivity contribution >= 4 is 0 Å². The highest BCUT2D eigenvalue weighted by Crippen LogP contribution is 2.64. The van der Waals surface area contributed by atoms with E-state index < -0.39 is 0 Å². The largest absolute Gasteiger partial charge is 0.497 e. The monoisotopic (exact) mass is 231 g/mol. The molecule has 0 heterocycles. The third-order valence-electron chi connectivity index (χ3n) is 3.84. The van der Waals surface area contributed by atoms with Gasteiger partial charge in [0.25, 0.3) is 0 Å². The van der Waals surface area contributed by atoms with Crippen LogP contribution in [0.2, 0.25) is 0 Å². The first kappa shape index (κ1) is 11.8. The fourth-order valence-corrected chi connectivity index (χ4v) is 2.71. The summed E-state index contributed by atoms with van der Waals surface area (Å²) in [5.41, 5.74) is 9.87. The molecule has 0 aliphatic heterocycles. The number of rotatable bonds is 4. The Labute approximate surface area is 101 Å². The molecule has 1 saturated carbocycles. The fraction of sp³-hybridized carbons (Fsp3) is 0.538. The summed E-state index contributed by atoms with van der Waals surface area (Å²) < 4.78 is 5.24. The summed E-state index contributed by atoms with van der Waals surface area (Å²) in [5, 5.41) is 3.70. The molecule has 1 aromatic carbocycles. The minimum atomic E-state index is 0.209. The zero-order valence-corrected chi connectivity index (χ0v) is 10.4. The molecule has 17 heavy (non-hydrogen) atoms. The van der Waals surface area contributed by atoms with Gasteiger partial charge in [0.05, 0.1) is 7.11 Å². The Morgan fingerprint density at radius 2 is 2.24 bits per heavy atom. The van der Waals surface area contributed by atoms with Crippen molar-refractivity contribution in [2.75, 3.05) is 13.7 Å². The van der Waals surface area contributed by atoms with Crippen molar-refractivity contribution in [2.24, 2.45) is 16.4 Å². The predicted molar refractivity (Wildman–Crippen MR) is 67.0 cm³/mol. The second-order valence-electron chi connectivity index (χ2n) is 5.10. The van der Waals surface area contributed by atoms with Crippen molar-refractivity contribution in [3.63, 3.8) is 0 Å². The van der Waals surface area contributed by atoms with E-state index in [1.807, 2.05) is 12.1 Å². The SMILES string of the molecule is COc1cccc([C@H]2[C@H](CN=[N+]=[N-])C2(C)C)c1. The summed E-state index contributed by atoms with van der Waals surface area (Å²) in [6.45, 7) is 5.01. The van der Waals surface area contributed by atoms with Crippen LogP contribution in [0.25, 0.3) is 10.4 Å². The molecule has 1 fully saturated rings. The number of benzene rings is 1. The molecule has 0 radical (unpaired) electrons. The van der Waals surface area contributed by atoms with Gasteiger partial charge in [-0.25, -0.2) is 0 Å². The summed E-state index contributed by atoms with van der Waals surface area (Å²) in [6.07, 6.45) is 0. The van der Waals surface area contributed by atoms with Crippen molar-refractivity contribution in [3.05, 3.63) is 40.3 Å². The first-order chi connectivity index (χ1) is 8.11. The lowest BCUT2D eigenvalue weighted by atomic mass is 10.0. The molecule has 0 aromatic heterocycles. The second kappa shape index (κ2) is 4.30. The molecule has 2 atom stereocenters. The van der Waals surface area contributed by atoms with Gasteiger partial charge < -0.3 is 4.74 Å². The summed E-state index contributed by atoms with van der Waals surface area (Å²) in [6, 6.07) is 8.14. The highest BCUT2D eigenvalue weighted by Gasteiger charge is 2.57. The second-order valence-corrected chi connectivity index (χ2v) is 5.10. The number of nitrogens with zero attached hydrogens (tertiary/aromatic N) is 3. The molecule has 1 aromatic rings. The number of ether oxygens (including phenoxy) is 1. The highest BCUT2D eigenvalue weighted by molar-refractivity contribution is 5.37. The van der Waals surface area contributed by atoms with E-state index in [-0.39, 0.29) is 5.41 Å². The molecule has 0 amide bonds. The number of methoxy groups -OCH3 is 1. The minimum Gasteiger partial charge on any atom is -0.497 e. The lowest BCUT2D eigenvalue weighted by Gasteiger charge is -2.05. The van der Waals surface area contributed by atoms with Crippen LogP contribution in [0.3, 0.4) is 0 Å². The Balaban J connectivity index is 2.20. The molecule has 0 bridgehead atoms. The van der Waals surface area contributed by atoms with E-state index in [2.05, 4.69) is 36.0 Å². The van der Waals surface area contributed by atoms with Crippen LogP contribution < -0.4 is 4.74 Å². The summed E-state index contributed by atoms with van der Waals surface area (Å²) >= 11 is 0. The molecule has 0 saturated heterocycles. The van der Waals surface area contributed by atoms with E-state index in [0.29, 0.717) is 18.4 Å². The van der Waals surface area contributed by atoms with E-state index in [1.165, 1.54) is 5.56 Å². The van der Waals surface area contributed by atoms with E-state index >= 15 is 0 Å². The lowest BCUT2D eigenvalue weighted by molar-refractivity contribution is 0.414. The van der Waals surface area contributed by atoms with Gasteiger partial charge in [0.15, 0.2) is 0 Å². The third kappa shape index (κ3) is 2.08. The lowest BCUT2D eigenvalue weighted by Crippen LogP contribution is -1.92. The number of hydrogen-bond acceptors (Lipinski definition) is 2. The molecule has 1 aliphatic rings. The van der Waals surface area contributed by atoms with Crippen molar-refractivity contribution in [1.29, 1.82) is 0 Å². The Hall–Kier alpha value is -1.67. The molecule has 0 spiro atoms. The minimum absolute atomic E-state index is 0.209. The maximum absolute atomic E-state index is 8.39. The number of hydrogen-bond donors (Lipinski definition) is 0. The smallest absolute Gasteiger partial charge is 0.119 e. The molecule has 0 N–H and O–H groups in total. The van der Waals surface area contributed by atoms with Crippen LogP contribution >= 0.6 is 0 Å². The zero-order chi connectivity index (χ0) is 12.5. The number of azide groups is 1. The first-order valence-corrected chi connectivity index (χ1v) is 5.76. The molecule has 2 rings (SSSR count). The summed E-state index contributed by atoms with van der Waals surface area (Å²) in [7, 11) is 1.68. The molecule has 4 heteroatoms. The summed E-state index contributed by atoms with van der Waals surface area (Å²) in [5.74, 6) is 1.78. The van der Waals surface area contributed by atoms with Crippen LogP contribution in [-0.4, -0.2) is 13.7 Å². The molecular formula is C13H17N3O. The molecular weight excluding hydrogens is 214 g/mol. The Bertz CT molecular complexity index is 463. The first-order valence-electron chi connectivity index (χ1n) is 5.76. The molecule has 90 valence electrons. The van der Waals surface area contributed by atoms with Gasteiger partial charge in [-0.2, -0.15) is 0 Å².